The molecule has 2 aromatic carbocycles. The molecule has 4 heteroatoms. The summed E-state index contributed by atoms with van der Waals surface area (Å²) in [5, 5.41) is 12.9. The molecule has 81 valence electrons. The van der Waals surface area contributed by atoms with Gasteiger partial charge in [-0.2, -0.15) is 0 Å². The maximum atomic E-state index is 8.76. The Hall–Kier alpha value is -2.07. The lowest BCUT2D eigenvalue weighted by Crippen LogP contribution is -2.02. The van der Waals surface area contributed by atoms with Crippen molar-refractivity contribution in [3.8, 4) is 5.88 Å². The molecule has 0 saturated heterocycles. The summed E-state index contributed by atoms with van der Waals surface area (Å²) in [5.74, 6) is 0.418. The highest BCUT2D eigenvalue weighted by Crippen LogP contribution is 2.30. The van der Waals surface area contributed by atoms with Gasteiger partial charge in [0.2, 0.25) is 5.88 Å². The average Bonchev–Trinajstić information content (AvgIpc) is 2.39. The molecule has 3 rings (SSSR count). The molecule has 1 radical (unpaired) electrons. The van der Waals surface area contributed by atoms with Gasteiger partial charge < -0.3 is 9.68 Å². The van der Waals surface area contributed by atoms with Crippen molar-refractivity contribution in [2.24, 2.45) is 0 Å². The molecule has 0 bridgehead atoms. The zero-order chi connectivity index (χ0) is 11.7. The molecule has 0 spiro atoms. The summed E-state index contributed by atoms with van der Waals surface area (Å²) >= 11 is 0. The van der Waals surface area contributed by atoms with Gasteiger partial charge in [0.1, 0.15) is 0 Å². The Balaban J connectivity index is 2.45. The van der Waals surface area contributed by atoms with E-state index in [0.29, 0.717) is 13.6 Å². The number of hydrogen-bond donors (Lipinski definition) is 1. The number of nitrogens with zero attached hydrogens (tertiary/aromatic N) is 1. The topological polar surface area (TPSA) is 42.4 Å². The molecule has 0 amide bonds. The van der Waals surface area contributed by atoms with E-state index in [2.05, 4.69) is 11.1 Å². The van der Waals surface area contributed by atoms with Gasteiger partial charge in [-0.25, -0.2) is 4.98 Å². The maximum absolute atomic E-state index is 8.76. The molecule has 0 aliphatic rings. The molecule has 1 heterocycles. The standard InChI is InChI=1S/C13H9BNO2/c16-14-17-13-12-10(7-8-15-13)6-5-9-3-1-2-4-11(9)12/h1-8,16H. The Morgan fingerprint density at radius 3 is 2.71 bits per heavy atom. The summed E-state index contributed by atoms with van der Waals surface area (Å²) in [6.07, 6.45) is 1.66. The van der Waals surface area contributed by atoms with E-state index in [4.69, 9.17) is 9.68 Å². The second-order valence-electron chi connectivity index (χ2n) is 3.72. The van der Waals surface area contributed by atoms with E-state index in [-0.39, 0.29) is 0 Å². The van der Waals surface area contributed by atoms with Crippen LogP contribution in [0.3, 0.4) is 0 Å². The number of fused-ring (bicyclic) bond motifs is 3. The van der Waals surface area contributed by atoms with Crippen LogP contribution < -0.4 is 4.65 Å². The Kier molecular flexibility index (Phi) is 2.42. The molecule has 0 aliphatic carbocycles. The first kappa shape index (κ1) is 10.1. The third kappa shape index (κ3) is 1.63. The summed E-state index contributed by atoms with van der Waals surface area (Å²) in [6.45, 7) is 0. The highest BCUT2D eigenvalue weighted by Gasteiger charge is 2.07. The van der Waals surface area contributed by atoms with E-state index in [9.17, 15) is 0 Å². The van der Waals surface area contributed by atoms with Crippen LogP contribution in [0, 0.1) is 0 Å². The Labute approximate surface area is 99.0 Å². The first-order chi connectivity index (χ1) is 8.40. The number of rotatable bonds is 2. The predicted octanol–water partition coefficient (Wildman–Crippen LogP) is 2.29. The summed E-state index contributed by atoms with van der Waals surface area (Å²) in [5.41, 5.74) is 0. The van der Waals surface area contributed by atoms with Gasteiger partial charge in [0, 0.05) is 6.20 Å². The normalized spacial score (nSPS) is 10.6. The highest BCUT2D eigenvalue weighted by atomic mass is 16.5. The quantitative estimate of drug-likeness (QED) is 0.534. The summed E-state index contributed by atoms with van der Waals surface area (Å²) < 4.78 is 5.05. The molecule has 0 saturated carbocycles. The summed E-state index contributed by atoms with van der Waals surface area (Å²) in [6, 6.07) is 14.0. The third-order valence-corrected chi connectivity index (χ3v) is 2.79. The third-order valence-electron chi connectivity index (χ3n) is 2.79. The minimum Gasteiger partial charge on any atom is -0.523 e. The predicted molar refractivity (Wildman–Crippen MR) is 67.8 cm³/mol. The van der Waals surface area contributed by atoms with E-state index >= 15 is 0 Å². The summed E-state index contributed by atoms with van der Waals surface area (Å²) in [4.78, 5) is 4.13. The van der Waals surface area contributed by atoms with Gasteiger partial charge in [-0.3, -0.25) is 0 Å². The molecular formula is C13H9BNO2. The average molecular weight is 222 g/mol. The van der Waals surface area contributed by atoms with E-state index in [1.165, 1.54) is 0 Å². The van der Waals surface area contributed by atoms with Crippen molar-refractivity contribution in [3.05, 3.63) is 48.7 Å². The van der Waals surface area contributed by atoms with Gasteiger partial charge in [0.25, 0.3) is 0 Å². The smallest absolute Gasteiger partial charge is 0.523 e. The zero-order valence-electron chi connectivity index (χ0n) is 9.00. The fourth-order valence-corrected chi connectivity index (χ4v) is 2.06. The van der Waals surface area contributed by atoms with Crippen molar-refractivity contribution in [2.45, 2.75) is 0 Å². The summed E-state index contributed by atoms with van der Waals surface area (Å²) in [7, 11) is 0.656. The van der Waals surface area contributed by atoms with Crippen molar-refractivity contribution < 1.29 is 9.68 Å². The molecule has 0 aliphatic heterocycles. The van der Waals surface area contributed by atoms with Gasteiger partial charge in [-0.15, -0.1) is 0 Å². The van der Waals surface area contributed by atoms with E-state index in [1.807, 2.05) is 36.4 Å². The molecule has 17 heavy (non-hydrogen) atoms. The van der Waals surface area contributed by atoms with Crippen LogP contribution in [-0.2, 0) is 0 Å². The number of aromatic nitrogens is 1. The lowest BCUT2D eigenvalue weighted by molar-refractivity contribution is 0.447. The monoisotopic (exact) mass is 222 g/mol. The fraction of sp³-hybridized carbons (Fsp3) is 0. The van der Waals surface area contributed by atoms with Gasteiger partial charge in [-0.05, 0) is 22.2 Å². The zero-order valence-corrected chi connectivity index (χ0v) is 9.00. The first-order valence-electron chi connectivity index (χ1n) is 5.29. The van der Waals surface area contributed by atoms with Crippen LogP contribution in [0.1, 0.15) is 0 Å². The minimum absolute atomic E-state index is 0.418. The lowest BCUT2D eigenvalue weighted by Gasteiger charge is -2.08. The lowest BCUT2D eigenvalue weighted by atomic mass is 10.0. The van der Waals surface area contributed by atoms with Crippen molar-refractivity contribution in [2.75, 3.05) is 0 Å². The van der Waals surface area contributed by atoms with Gasteiger partial charge in [0.15, 0.2) is 0 Å². The van der Waals surface area contributed by atoms with Gasteiger partial charge in [0.05, 0.1) is 5.39 Å². The van der Waals surface area contributed by atoms with Crippen molar-refractivity contribution in [1.82, 2.24) is 4.98 Å². The molecule has 1 aromatic heterocycles. The van der Waals surface area contributed by atoms with Crippen LogP contribution in [0.2, 0.25) is 0 Å². The minimum atomic E-state index is 0.418. The van der Waals surface area contributed by atoms with E-state index < -0.39 is 0 Å². The van der Waals surface area contributed by atoms with Crippen molar-refractivity contribution in [1.29, 1.82) is 0 Å². The van der Waals surface area contributed by atoms with Crippen LogP contribution >= 0.6 is 0 Å². The largest absolute Gasteiger partial charge is 0.570 e. The number of benzene rings is 2. The molecule has 3 aromatic rings. The first-order valence-corrected chi connectivity index (χ1v) is 5.29. The van der Waals surface area contributed by atoms with Crippen LogP contribution in [0.4, 0.5) is 0 Å². The molecular weight excluding hydrogens is 213 g/mol. The number of hydrogen-bond acceptors (Lipinski definition) is 3. The molecule has 0 fully saturated rings. The van der Waals surface area contributed by atoms with Gasteiger partial charge in [-0.1, -0.05) is 36.4 Å². The number of pyridine rings is 1. The van der Waals surface area contributed by atoms with Gasteiger partial charge >= 0.3 is 7.69 Å². The molecule has 3 nitrogen and oxygen atoms in total. The Bertz CT molecular complexity index is 684. The second-order valence-corrected chi connectivity index (χ2v) is 3.72. The van der Waals surface area contributed by atoms with Crippen LogP contribution in [-0.4, -0.2) is 17.7 Å². The van der Waals surface area contributed by atoms with E-state index in [1.54, 1.807) is 6.20 Å². The van der Waals surface area contributed by atoms with Crippen LogP contribution in [0.15, 0.2) is 48.7 Å². The van der Waals surface area contributed by atoms with Crippen LogP contribution in [0.25, 0.3) is 21.5 Å². The molecule has 0 unspecified atom stereocenters. The van der Waals surface area contributed by atoms with Crippen LogP contribution in [0.5, 0.6) is 5.88 Å². The second kappa shape index (κ2) is 4.07. The van der Waals surface area contributed by atoms with Crippen molar-refractivity contribution in [3.63, 3.8) is 0 Å². The molecule has 1 N–H and O–H groups in total. The molecule has 0 atom stereocenters. The Morgan fingerprint density at radius 1 is 1.00 bits per heavy atom. The SMILES string of the molecule is O[B]Oc1nccc2ccc3ccccc3c12. The highest BCUT2D eigenvalue weighted by molar-refractivity contribution is 6.19. The maximum Gasteiger partial charge on any atom is 0.570 e. The van der Waals surface area contributed by atoms with Crippen molar-refractivity contribution >= 4 is 29.2 Å². The fourth-order valence-electron chi connectivity index (χ4n) is 2.06. The Morgan fingerprint density at radius 2 is 1.82 bits per heavy atom. The van der Waals surface area contributed by atoms with E-state index in [0.717, 1.165) is 21.5 Å².